The van der Waals surface area contributed by atoms with Crippen LogP contribution < -0.4 is 9.64 Å². The number of aliphatic carboxylic acids is 1. The molecule has 0 bridgehead atoms. The Kier molecular flexibility index (Phi) is 6.18. The molecular formula is C16H17ClN2O7S2. The molecule has 1 amide bonds. The van der Waals surface area contributed by atoms with Crippen molar-refractivity contribution in [2.24, 2.45) is 4.99 Å². The number of carbonyl (C=O) groups is 2. The molecule has 9 nitrogen and oxygen atoms in total. The summed E-state index contributed by atoms with van der Waals surface area (Å²) in [6.07, 6.45) is 0. The fraction of sp³-hybridized carbons (Fsp3) is 0.438. The van der Waals surface area contributed by atoms with Crippen molar-refractivity contribution in [1.82, 2.24) is 0 Å². The Morgan fingerprint density at radius 2 is 2.11 bits per heavy atom. The van der Waals surface area contributed by atoms with Crippen LogP contribution in [0.25, 0.3) is 0 Å². The van der Waals surface area contributed by atoms with E-state index in [0.717, 1.165) is 0 Å². The standard InChI is InChI=1S/C16H17ClN2O7S2/c1-25-12-3-2-9(17)4-10(12)19-11-7-28(23,24)8-13(11)27-16(19)18-14(20)5-26-6-15(21)22/h2-4,11,13H,5-8H2,1H3,(H,21,22)/t11-,13+/m1/s1. The number of amidine groups is 1. The molecule has 1 aromatic carbocycles. The first-order chi connectivity index (χ1) is 13.2. The number of anilines is 1. The van der Waals surface area contributed by atoms with Gasteiger partial charge in [0.15, 0.2) is 15.0 Å². The number of rotatable bonds is 6. The lowest BCUT2D eigenvalue weighted by atomic mass is 10.2. The number of benzene rings is 1. The molecule has 2 aliphatic rings. The minimum atomic E-state index is -3.22. The second-order valence-electron chi connectivity index (χ2n) is 6.16. The third-order valence-electron chi connectivity index (χ3n) is 4.14. The Morgan fingerprint density at radius 3 is 2.79 bits per heavy atom. The van der Waals surface area contributed by atoms with E-state index in [1.165, 1.54) is 18.9 Å². The van der Waals surface area contributed by atoms with Crippen LogP contribution in [0.5, 0.6) is 5.75 Å². The van der Waals surface area contributed by atoms with Crippen LogP contribution in [0.15, 0.2) is 23.2 Å². The van der Waals surface area contributed by atoms with Crippen LogP contribution in [0.1, 0.15) is 0 Å². The highest BCUT2D eigenvalue weighted by atomic mass is 35.5. The maximum absolute atomic E-state index is 12.1. The van der Waals surface area contributed by atoms with Gasteiger partial charge in [-0.3, -0.25) is 4.79 Å². The van der Waals surface area contributed by atoms with E-state index in [4.69, 9.17) is 26.2 Å². The number of hydrogen-bond acceptors (Lipinski definition) is 7. The largest absolute Gasteiger partial charge is 0.495 e. The fourth-order valence-electron chi connectivity index (χ4n) is 3.06. The van der Waals surface area contributed by atoms with Gasteiger partial charge < -0.3 is 19.5 Å². The quantitative estimate of drug-likeness (QED) is 0.680. The normalized spacial score (nSPS) is 24.4. The molecule has 1 aromatic rings. The first-order valence-electron chi connectivity index (χ1n) is 8.11. The summed E-state index contributed by atoms with van der Waals surface area (Å²) in [7, 11) is -1.75. The Bertz CT molecular complexity index is 935. The third-order valence-corrected chi connectivity index (χ3v) is 7.58. The molecule has 12 heteroatoms. The van der Waals surface area contributed by atoms with Crippen LogP contribution >= 0.6 is 23.4 Å². The number of thioether (sulfide) groups is 1. The molecule has 0 aliphatic carbocycles. The number of carboxylic acids is 1. The van der Waals surface area contributed by atoms with Crippen molar-refractivity contribution >= 4 is 55.9 Å². The summed E-state index contributed by atoms with van der Waals surface area (Å²) in [6.45, 7) is -1.11. The number of aliphatic imine (C=N–C) groups is 1. The first-order valence-corrected chi connectivity index (χ1v) is 11.2. The van der Waals surface area contributed by atoms with Crippen molar-refractivity contribution in [3.8, 4) is 5.75 Å². The Labute approximate surface area is 170 Å². The summed E-state index contributed by atoms with van der Waals surface area (Å²) in [5.74, 6) is -1.51. The SMILES string of the molecule is COc1ccc(Cl)cc1N1C(=NC(=O)COCC(=O)O)S[C@H]2CS(=O)(=O)C[C@H]21. The van der Waals surface area contributed by atoms with Crippen LogP contribution in [-0.2, 0) is 24.2 Å². The number of nitrogens with zero attached hydrogens (tertiary/aromatic N) is 2. The highest BCUT2D eigenvalue weighted by molar-refractivity contribution is 8.16. The number of amides is 1. The molecule has 0 saturated carbocycles. The van der Waals surface area contributed by atoms with Crippen LogP contribution in [0.2, 0.25) is 5.02 Å². The summed E-state index contributed by atoms with van der Waals surface area (Å²) >= 11 is 7.30. The smallest absolute Gasteiger partial charge is 0.329 e. The fourth-order valence-corrected chi connectivity index (χ4v) is 7.15. The minimum absolute atomic E-state index is 0.0234. The zero-order valence-electron chi connectivity index (χ0n) is 14.7. The average Bonchev–Trinajstić information content (AvgIpc) is 3.05. The Balaban J connectivity index is 1.94. The lowest BCUT2D eigenvalue weighted by Gasteiger charge is -2.26. The number of hydrogen-bond donors (Lipinski definition) is 1. The molecule has 0 radical (unpaired) electrons. The molecule has 28 heavy (non-hydrogen) atoms. The minimum Gasteiger partial charge on any atom is -0.495 e. The second-order valence-corrected chi connectivity index (χ2v) is 9.96. The topological polar surface area (TPSA) is 123 Å². The summed E-state index contributed by atoms with van der Waals surface area (Å²) in [4.78, 5) is 28.3. The van der Waals surface area contributed by atoms with Crippen molar-refractivity contribution < 1.29 is 32.6 Å². The van der Waals surface area contributed by atoms with Gasteiger partial charge in [0.05, 0.1) is 30.3 Å². The van der Waals surface area contributed by atoms with Crippen molar-refractivity contribution in [2.45, 2.75) is 11.3 Å². The number of carbonyl (C=O) groups excluding carboxylic acids is 1. The van der Waals surface area contributed by atoms with Gasteiger partial charge in [-0.15, -0.1) is 0 Å². The maximum atomic E-state index is 12.1. The van der Waals surface area contributed by atoms with Crippen LogP contribution in [0, 0.1) is 0 Å². The number of fused-ring (bicyclic) bond motifs is 1. The molecule has 0 aromatic heterocycles. The number of ether oxygens (including phenoxy) is 2. The van der Waals surface area contributed by atoms with E-state index >= 15 is 0 Å². The monoisotopic (exact) mass is 448 g/mol. The molecule has 2 heterocycles. The molecular weight excluding hydrogens is 432 g/mol. The van der Waals surface area contributed by atoms with E-state index in [9.17, 15) is 18.0 Å². The van der Waals surface area contributed by atoms with Gasteiger partial charge in [-0.2, -0.15) is 4.99 Å². The van der Waals surface area contributed by atoms with E-state index in [0.29, 0.717) is 21.6 Å². The molecule has 152 valence electrons. The van der Waals surface area contributed by atoms with Crippen LogP contribution in [-0.4, -0.2) is 73.7 Å². The predicted octanol–water partition coefficient (Wildman–Crippen LogP) is 1.05. The molecule has 0 spiro atoms. The van der Waals surface area contributed by atoms with Gasteiger partial charge in [0, 0.05) is 10.3 Å². The molecule has 1 N–H and O–H groups in total. The number of sulfone groups is 1. The van der Waals surface area contributed by atoms with E-state index in [-0.39, 0.29) is 16.8 Å². The molecule has 2 saturated heterocycles. The second kappa shape index (κ2) is 8.27. The zero-order chi connectivity index (χ0) is 20.5. The van der Waals surface area contributed by atoms with Crippen molar-refractivity contribution in [3.63, 3.8) is 0 Å². The molecule has 2 atom stereocenters. The van der Waals surface area contributed by atoms with Gasteiger partial charge in [-0.25, -0.2) is 13.2 Å². The molecule has 2 fully saturated rings. The van der Waals surface area contributed by atoms with Crippen molar-refractivity contribution in [2.75, 3.05) is 36.7 Å². The number of methoxy groups -OCH3 is 1. The van der Waals surface area contributed by atoms with E-state index < -0.39 is 41.0 Å². The van der Waals surface area contributed by atoms with Gasteiger partial charge in [0.2, 0.25) is 0 Å². The predicted molar refractivity (Wildman–Crippen MR) is 105 cm³/mol. The zero-order valence-corrected chi connectivity index (χ0v) is 17.1. The molecule has 3 rings (SSSR count). The summed E-state index contributed by atoms with van der Waals surface area (Å²) in [5.41, 5.74) is 0.505. The maximum Gasteiger partial charge on any atom is 0.329 e. The highest BCUT2D eigenvalue weighted by Gasteiger charge is 2.50. The van der Waals surface area contributed by atoms with Gasteiger partial charge in [0.25, 0.3) is 5.91 Å². The average molecular weight is 449 g/mol. The number of halogens is 1. The summed E-state index contributed by atoms with van der Waals surface area (Å²) in [6, 6.07) is 4.48. The highest BCUT2D eigenvalue weighted by Crippen LogP contribution is 2.44. The lowest BCUT2D eigenvalue weighted by Crippen LogP contribution is -2.38. The van der Waals surface area contributed by atoms with Gasteiger partial charge in [0.1, 0.15) is 19.0 Å². The molecule has 0 unspecified atom stereocenters. The summed E-state index contributed by atoms with van der Waals surface area (Å²) in [5, 5.41) is 9.00. The van der Waals surface area contributed by atoms with Gasteiger partial charge >= 0.3 is 5.97 Å². The van der Waals surface area contributed by atoms with Gasteiger partial charge in [-0.05, 0) is 18.2 Å². The van der Waals surface area contributed by atoms with Crippen molar-refractivity contribution in [1.29, 1.82) is 0 Å². The van der Waals surface area contributed by atoms with Gasteiger partial charge in [-0.1, -0.05) is 23.4 Å². The van der Waals surface area contributed by atoms with E-state index in [1.54, 1.807) is 23.1 Å². The first kappa shape index (κ1) is 20.9. The number of carboxylic acid groups (broad SMARTS) is 1. The van der Waals surface area contributed by atoms with Crippen molar-refractivity contribution in [3.05, 3.63) is 23.2 Å². The lowest BCUT2D eigenvalue weighted by molar-refractivity contribution is -0.143. The molecule has 2 aliphatic heterocycles. The van der Waals surface area contributed by atoms with Crippen LogP contribution in [0.3, 0.4) is 0 Å². The van der Waals surface area contributed by atoms with Crippen LogP contribution in [0.4, 0.5) is 5.69 Å². The Morgan fingerprint density at radius 1 is 1.36 bits per heavy atom. The third kappa shape index (κ3) is 4.59. The summed E-state index contributed by atoms with van der Waals surface area (Å²) < 4.78 is 34.3. The van der Waals surface area contributed by atoms with E-state index in [1.807, 2.05) is 0 Å². The van der Waals surface area contributed by atoms with E-state index in [2.05, 4.69) is 4.99 Å². The Hall–Kier alpha value is -1.82.